The van der Waals surface area contributed by atoms with Gasteiger partial charge >= 0.3 is 0 Å². The number of rotatable bonds is 7. The summed E-state index contributed by atoms with van der Waals surface area (Å²) in [6.45, 7) is 6.48. The Labute approximate surface area is 106 Å². The van der Waals surface area contributed by atoms with E-state index in [2.05, 4.69) is 45.0 Å². The van der Waals surface area contributed by atoms with Crippen LogP contribution in [0.1, 0.15) is 50.7 Å². The van der Waals surface area contributed by atoms with E-state index in [1.54, 1.807) is 7.11 Å². The van der Waals surface area contributed by atoms with Crippen molar-refractivity contribution in [1.82, 2.24) is 0 Å². The fourth-order valence-corrected chi connectivity index (χ4v) is 2.03. The minimum atomic E-state index is 0.0450. The molecule has 17 heavy (non-hydrogen) atoms. The Morgan fingerprint density at radius 2 is 1.88 bits per heavy atom. The monoisotopic (exact) mass is 234 g/mol. The van der Waals surface area contributed by atoms with Gasteiger partial charge in [0.05, 0.1) is 5.60 Å². The lowest BCUT2D eigenvalue weighted by molar-refractivity contribution is 0.0134. The van der Waals surface area contributed by atoms with Gasteiger partial charge in [-0.15, -0.1) is 0 Å². The van der Waals surface area contributed by atoms with Crippen molar-refractivity contribution in [2.24, 2.45) is 0 Å². The second-order valence-electron chi connectivity index (χ2n) is 5.51. The van der Waals surface area contributed by atoms with Gasteiger partial charge < -0.3 is 4.74 Å². The van der Waals surface area contributed by atoms with Crippen LogP contribution in [0.4, 0.5) is 0 Å². The summed E-state index contributed by atoms with van der Waals surface area (Å²) in [7, 11) is 1.80. The highest BCUT2D eigenvalue weighted by molar-refractivity contribution is 5.22. The van der Waals surface area contributed by atoms with Crippen LogP contribution in [-0.2, 0) is 11.2 Å². The second-order valence-corrected chi connectivity index (χ2v) is 5.51. The van der Waals surface area contributed by atoms with Crippen molar-refractivity contribution < 1.29 is 4.74 Å². The van der Waals surface area contributed by atoms with Crippen molar-refractivity contribution >= 4 is 0 Å². The number of aryl methyl sites for hydroxylation is 2. The van der Waals surface area contributed by atoms with Gasteiger partial charge in [-0.3, -0.25) is 0 Å². The zero-order valence-corrected chi connectivity index (χ0v) is 11.8. The standard InChI is InChI=1S/C16H26O/c1-14-9-8-11-15(13-14)10-6-5-7-12-16(2,3)17-4/h8-9,11,13H,5-7,10,12H2,1-4H3. The van der Waals surface area contributed by atoms with Crippen molar-refractivity contribution in [3.63, 3.8) is 0 Å². The summed E-state index contributed by atoms with van der Waals surface area (Å²) in [5, 5.41) is 0. The summed E-state index contributed by atoms with van der Waals surface area (Å²) < 4.78 is 5.42. The lowest BCUT2D eigenvalue weighted by Gasteiger charge is -2.22. The van der Waals surface area contributed by atoms with E-state index >= 15 is 0 Å². The Balaban J connectivity index is 2.17. The molecule has 0 aromatic heterocycles. The van der Waals surface area contributed by atoms with Crippen LogP contribution in [0.15, 0.2) is 24.3 Å². The molecule has 0 spiro atoms. The summed E-state index contributed by atoms with van der Waals surface area (Å²) in [5.74, 6) is 0. The van der Waals surface area contributed by atoms with Crippen LogP contribution in [0.3, 0.4) is 0 Å². The largest absolute Gasteiger partial charge is 0.379 e. The van der Waals surface area contributed by atoms with Gasteiger partial charge in [-0.1, -0.05) is 42.7 Å². The highest BCUT2D eigenvalue weighted by Gasteiger charge is 2.14. The molecule has 0 aliphatic rings. The molecule has 1 nitrogen and oxygen atoms in total. The molecule has 0 N–H and O–H groups in total. The van der Waals surface area contributed by atoms with Crippen molar-refractivity contribution in [2.75, 3.05) is 7.11 Å². The van der Waals surface area contributed by atoms with E-state index in [0.717, 1.165) is 6.42 Å². The maximum absolute atomic E-state index is 5.42. The maximum Gasteiger partial charge on any atom is 0.0622 e. The van der Waals surface area contributed by atoms with Gasteiger partial charge in [0, 0.05) is 7.11 Å². The molecule has 1 aromatic carbocycles. The molecular formula is C16H26O. The van der Waals surface area contributed by atoms with E-state index in [4.69, 9.17) is 4.74 Å². The van der Waals surface area contributed by atoms with Gasteiger partial charge in [0.1, 0.15) is 0 Å². The van der Waals surface area contributed by atoms with Crippen LogP contribution >= 0.6 is 0 Å². The molecule has 0 amide bonds. The molecular weight excluding hydrogens is 208 g/mol. The first-order valence-corrected chi connectivity index (χ1v) is 6.64. The van der Waals surface area contributed by atoms with Crippen LogP contribution in [0.25, 0.3) is 0 Å². The molecule has 1 heteroatoms. The Bertz CT molecular complexity index is 328. The Kier molecular flexibility index (Phi) is 5.70. The average molecular weight is 234 g/mol. The van der Waals surface area contributed by atoms with Gasteiger partial charge in [0.25, 0.3) is 0 Å². The fourth-order valence-electron chi connectivity index (χ4n) is 2.03. The molecule has 96 valence electrons. The smallest absolute Gasteiger partial charge is 0.0622 e. The van der Waals surface area contributed by atoms with Gasteiger partial charge in [-0.2, -0.15) is 0 Å². The molecule has 0 fully saturated rings. The summed E-state index contributed by atoms with van der Waals surface area (Å²) >= 11 is 0. The SMILES string of the molecule is COC(C)(C)CCCCCc1cccc(C)c1. The summed E-state index contributed by atoms with van der Waals surface area (Å²) in [6, 6.07) is 8.83. The Morgan fingerprint density at radius 3 is 2.53 bits per heavy atom. The molecule has 1 rings (SSSR count). The van der Waals surface area contributed by atoms with E-state index in [1.807, 2.05) is 0 Å². The second kappa shape index (κ2) is 6.80. The highest BCUT2D eigenvalue weighted by atomic mass is 16.5. The maximum atomic E-state index is 5.42. The predicted octanol–water partition coefficient (Wildman–Crippen LogP) is 4.52. The van der Waals surface area contributed by atoms with Gasteiger partial charge in [-0.25, -0.2) is 0 Å². The van der Waals surface area contributed by atoms with E-state index < -0.39 is 0 Å². The third-order valence-electron chi connectivity index (χ3n) is 3.38. The molecule has 0 heterocycles. The Morgan fingerprint density at radius 1 is 1.12 bits per heavy atom. The molecule has 0 aliphatic heterocycles. The molecule has 0 radical (unpaired) electrons. The normalized spacial score (nSPS) is 11.8. The topological polar surface area (TPSA) is 9.23 Å². The number of benzene rings is 1. The summed E-state index contributed by atoms with van der Waals surface area (Å²) in [6.07, 6.45) is 6.18. The Hall–Kier alpha value is -0.820. The number of hydrogen-bond donors (Lipinski definition) is 0. The lowest BCUT2D eigenvalue weighted by atomic mass is 9.98. The van der Waals surface area contributed by atoms with E-state index in [-0.39, 0.29) is 5.60 Å². The summed E-state index contributed by atoms with van der Waals surface area (Å²) in [5.41, 5.74) is 2.88. The number of unbranched alkanes of at least 4 members (excludes halogenated alkanes) is 2. The first-order valence-electron chi connectivity index (χ1n) is 6.64. The molecule has 0 atom stereocenters. The average Bonchev–Trinajstić information content (AvgIpc) is 2.29. The quantitative estimate of drug-likeness (QED) is 0.630. The van der Waals surface area contributed by atoms with Crippen molar-refractivity contribution in [2.45, 2.75) is 58.5 Å². The van der Waals surface area contributed by atoms with Crippen molar-refractivity contribution in [3.05, 3.63) is 35.4 Å². The first kappa shape index (κ1) is 14.2. The van der Waals surface area contributed by atoms with E-state index in [9.17, 15) is 0 Å². The number of hydrogen-bond acceptors (Lipinski definition) is 1. The van der Waals surface area contributed by atoms with Gasteiger partial charge in [-0.05, 0) is 45.6 Å². The molecule has 1 aromatic rings. The van der Waals surface area contributed by atoms with Crippen molar-refractivity contribution in [1.29, 1.82) is 0 Å². The van der Waals surface area contributed by atoms with Gasteiger partial charge in [0.2, 0.25) is 0 Å². The van der Waals surface area contributed by atoms with E-state index in [1.165, 1.54) is 36.8 Å². The van der Waals surface area contributed by atoms with Crippen LogP contribution in [0.5, 0.6) is 0 Å². The molecule has 0 saturated heterocycles. The highest BCUT2D eigenvalue weighted by Crippen LogP contribution is 2.18. The summed E-state index contributed by atoms with van der Waals surface area (Å²) in [4.78, 5) is 0. The number of ether oxygens (including phenoxy) is 1. The van der Waals surface area contributed by atoms with Crippen LogP contribution in [0, 0.1) is 6.92 Å². The fraction of sp³-hybridized carbons (Fsp3) is 0.625. The third-order valence-corrected chi connectivity index (χ3v) is 3.38. The molecule has 0 bridgehead atoms. The van der Waals surface area contributed by atoms with E-state index in [0.29, 0.717) is 0 Å². The molecule has 0 aliphatic carbocycles. The zero-order chi connectivity index (χ0) is 12.7. The van der Waals surface area contributed by atoms with Gasteiger partial charge in [0.15, 0.2) is 0 Å². The van der Waals surface area contributed by atoms with Crippen molar-refractivity contribution in [3.8, 4) is 0 Å². The molecule has 0 unspecified atom stereocenters. The zero-order valence-electron chi connectivity index (χ0n) is 11.8. The van der Waals surface area contributed by atoms with Crippen LogP contribution in [0.2, 0.25) is 0 Å². The minimum Gasteiger partial charge on any atom is -0.379 e. The lowest BCUT2D eigenvalue weighted by Crippen LogP contribution is -2.21. The third kappa shape index (κ3) is 5.88. The first-order chi connectivity index (χ1) is 8.03. The predicted molar refractivity (Wildman–Crippen MR) is 74.4 cm³/mol. The number of methoxy groups -OCH3 is 1. The molecule has 0 saturated carbocycles. The minimum absolute atomic E-state index is 0.0450. The van der Waals surface area contributed by atoms with Crippen LogP contribution in [-0.4, -0.2) is 12.7 Å². The van der Waals surface area contributed by atoms with Crippen LogP contribution < -0.4 is 0 Å².